The molecule has 1 aliphatic rings. The SMILES string of the molecule is CCc1cnn(C2CCN(CCCCC(C)=O)CC2)c1. The molecule has 0 bridgehead atoms. The highest BCUT2D eigenvalue weighted by Gasteiger charge is 2.20. The third-order valence-corrected chi connectivity index (χ3v) is 4.25. The second kappa shape index (κ2) is 7.58. The Hall–Kier alpha value is -1.16. The van der Waals surface area contributed by atoms with E-state index in [4.69, 9.17) is 0 Å². The number of likely N-dealkylation sites (tertiary alicyclic amines) is 1. The molecule has 0 N–H and O–H groups in total. The van der Waals surface area contributed by atoms with Crippen molar-refractivity contribution in [3.8, 4) is 0 Å². The van der Waals surface area contributed by atoms with E-state index in [0.29, 0.717) is 11.8 Å². The number of piperidine rings is 1. The smallest absolute Gasteiger partial charge is 0.129 e. The van der Waals surface area contributed by atoms with Crippen LogP contribution in [0, 0.1) is 0 Å². The number of nitrogens with zero attached hydrogens (tertiary/aromatic N) is 3. The number of ketones is 1. The molecule has 112 valence electrons. The highest BCUT2D eigenvalue weighted by Crippen LogP contribution is 2.22. The Morgan fingerprint density at radius 3 is 2.70 bits per heavy atom. The maximum Gasteiger partial charge on any atom is 0.129 e. The molecule has 4 heteroatoms. The van der Waals surface area contributed by atoms with E-state index in [-0.39, 0.29) is 0 Å². The second-order valence-corrected chi connectivity index (χ2v) is 5.91. The minimum Gasteiger partial charge on any atom is -0.303 e. The highest BCUT2D eigenvalue weighted by atomic mass is 16.1. The summed E-state index contributed by atoms with van der Waals surface area (Å²) in [7, 11) is 0. The first-order valence-electron chi connectivity index (χ1n) is 7.94. The van der Waals surface area contributed by atoms with Crippen LogP contribution in [0.15, 0.2) is 12.4 Å². The molecule has 0 unspecified atom stereocenters. The van der Waals surface area contributed by atoms with Crippen molar-refractivity contribution in [2.75, 3.05) is 19.6 Å². The van der Waals surface area contributed by atoms with Crippen molar-refractivity contribution in [3.05, 3.63) is 18.0 Å². The molecule has 2 heterocycles. The van der Waals surface area contributed by atoms with Gasteiger partial charge >= 0.3 is 0 Å². The summed E-state index contributed by atoms with van der Waals surface area (Å²) in [4.78, 5) is 13.4. The van der Waals surface area contributed by atoms with Crippen LogP contribution in [0.25, 0.3) is 0 Å². The number of aromatic nitrogens is 2. The van der Waals surface area contributed by atoms with Crippen molar-refractivity contribution in [2.24, 2.45) is 0 Å². The molecule has 1 fully saturated rings. The van der Waals surface area contributed by atoms with Crippen LogP contribution in [-0.4, -0.2) is 40.1 Å². The first kappa shape index (κ1) is 15.2. The van der Waals surface area contributed by atoms with Gasteiger partial charge in [-0.15, -0.1) is 0 Å². The number of rotatable bonds is 7. The van der Waals surface area contributed by atoms with Crippen LogP contribution in [0.5, 0.6) is 0 Å². The number of Topliss-reactive ketones (excluding diaryl/α,β-unsaturated/α-hetero) is 1. The number of aryl methyl sites for hydroxylation is 1. The third-order valence-electron chi connectivity index (χ3n) is 4.25. The second-order valence-electron chi connectivity index (χ2n) is 5.91. The van der Waals surface area contributed by atoms with E-state index in [1.807, 2.05) is 6.20 Å². The summed E-state index contributed by atoms with van der Waals surface area (Å²) in [6, 6.07) is 0.573. The van der Waals surface area contributed by atoms with E-state index in [1.54, 1.807) is 6.92 Å². The molecule has 20 heavy (non-hydrogen) atoms. The number of carbonyl (C=O) groups is 1. The van der Waals surface area contributed by atoms with Crippen LogP contribution in [-0.2, 0) is 11.2 Å². The zero-order valence-corrected chi connectivity index (χ0v) is 12.8. The van der Waals surface area contributed by atoms with Crippen LogP contribution < -0.4 is 0 Å². The number of hydrogen-bond donors (Lipinski definition) is 0. The van der Waals surface area contributed by atoms with Gasteiger partial charge in [0.1, 0.15) is 5.78 Å². The lowest BCUT2D eigenvalue weighted by atomic mass is 10.0. The minimum atomic E-state index is 0.314. The third kappa shape index (κ3) is 4.44. The van der Waals surface area contributed by atoms with E-state index in [9.17, 15) is 4.79 Å². The van der Waals surface area contributed by atoms with Crippen LogP contribution >= 0.6 is 0 Å². The fourth-order valence-corrected chi connectivity index (χ4v) is 2.88. The van der Waals surface area contributed by atoms with Crippen molar-refractivity contribution < 1.29 is 4.79 Å². The Balaban J connectivity index is 1.68. The molecule has 4 nitrogen and oxygen atoms in total. The van der Waals surface area contributed by atoms with Crippen molar-refractivity contribution in [1.82, 2.24) is 14.7 Å². The molecule has 0 aromatic carbocycles. The molecule has 0 spiro atoms. The molecule has 1 aromatic rings. The first-order valence-corrected chi connectivity index (χ1v) is 7.94. The van der Waals surface area contributed by atoms with Gasteiger partial charge in [-0.25, -0.2) is 0 Å². The van der Waals surface area contributed by atoms with Gasteiger partial charge in [0, 0.05) is 25.7 Å². The Morgan fingerprint density at radius 1 is 1.35 bits per heavy atom. The zero-order chi connectivity index (χ0) is 14.4. The first-order chi connectivity index (χ1) is 9.69. The molecule has 0 saturated carbocycles. The molecule has 0 aliphatic carbocycles. The van der Waals surface area contributed by atoms with Crippen LogP contribution in [0.3, 0.4) is 0 Å². The van der Waals surface area contributed by atoms with Crippen LogP contribution in [0.2, 0.25) is 0 Å². The molecule has 0 atom stereocenters. The van der Waals surface area contributed by atoms with Crippen molar-refractivity contribution in [2.45, 2.75) is 58.4 Å². The van der Waals surface area contributed by atoms with Crippen molar-refractivity contribution in [3.63, 3.8) is 0 Å². The summed E-state index contributed by atoms with van der Waals surface area (Å²) < 4.78 is 2.16. The molecule has 1 aliphatic heterocycles. The number of unbranched alkanes of at least 4 members (excludes halogenated alkanes) is 1. The van der Waals surface area contributed by atoms with Crippen LogP contribution in [0.4, 0.5) is 0 Å². The fraction of sp³-hybridized carbons (Fsp3) is 0.750. The zero-order valence-electron chi connectivity index (χ0n) is 12.8. The van der Waals surface area contributed by atoms with E-state index in [0.717, 1.165) is 45.3 Å². The maximum absolute atomic E-state index is 10.9. The predicted octanol–water partition coefficient (Wildman–Crippen LogP) is 2.84. The highest BCUT2D eigenvalue weighted by molar-refractivity contribution is 5.75. The monoisotopic (exact) mass is 277 g/mol. The van der Waals surface area contributed by atoms with Gasteiger partial charge in [-0.2, -0.15) is 5.10 Å². The lowest BCUT2D eigenvalue weighted by Gasteiger charge is -2.32. The minimum absolute atomic E-state index is 0.314. The summed E-state index contributed by atoms with van der Waals surface area (Å²) in [6.07, 6.45) is 10.6. The van der Waals surface area contributed by atoms with Gasteiger partial charge in [-0.1, -0.05) is 6.92 Å². The fourth-order valence-electron chi connectivity index (χ4n) is 2.88. The quantitative estimate of drug-likeness (QED) is 0.719. The molecule has 2 rings (SSSR count). The Morgan fingerprint density at radius 2 is 2.10 bits per heavy atom. The van der Waals surface area contributed by atoms with Gasteiger partial charge < -0.3 is 9.69 Å². The number of hydrogen-bond acceptors (Lipinski definition) is 3. The van der Waals surface area contributed by atoms with Gasteiger partial charge in [-0.05, 0) is 51.1 Å². The van der Waals surface area contributed by atoms with Gasteiger partial charge in [0.05, 0.1) is 12.2 Å². The average molecular weight is 277 g/mol. The lowest BCUT2D eigenvalue weighted by Crippen LogP contribution is -2.35. The van der Waals surface area contributed by atoms with E-state index >= 15 is 0 Å². The summed E-state index contributed by atoms with van der Waals surface area (Å²) in [6.45, 7) is 7.31. The van der Waals surface area contributed by atoms with Gasteiger partial charge in [0.15, 0.2) is 0 Å². The number of carbonyl (C=O) groups excluding carboxylic acids is 1. The van der Waals surface area contributed by atoms with E-state index < -0.39 is 0 Å². The largest absolute Gasteiger partial charge is 0.303 e. The molecule has 0 radical (unpaired) electrons. The summed E-state index contributed by atoms with van der Waals surface area (Å²) in [5.74, 6) is 0.314. The Bertz CT molecular complexity index is 419. The summed E-state index contributed by atoms with van der Waals surface area (Å²) >= 11 is 0. The maximum atomic E-state index is 10.9. The van der Waals surface area contributed by atoms with Crippen molar-refractivity contribution >= 4 is 5.78 Å². The van der Waals surface area contributed by atoms with E-state index in [2.05, 4.69) is 27.8 Å². The van der Waals surface area contributed by atoms with Gasteiger partial charge in [-0.3, -0.25) is 4.68 Å². The summed E-state index contributed by atoms with van der Waals surface area (Å²) in [5, 5.41) is 4.49. The van der Waals surface area contributed by atoms with Gasteiger partial charge in [0.25, 0.3) is 0 Å². The Kier molecular flexibility index (Phi) is 5.77. The molecular formula is C16H27N3O. The van der Waals surface area contributed by atoms with Crippen molar-refractivity contribution in [1.29, 1.82) is 0 Å². The standard InChI is InChI=1S/C16H27N3O/c1-3-15-12-17-19(13-15)16-7-10-18(11-8-16)9-5-4-6-14(2)20/h12-13,16H,3-11H2,1-2H3. The predicted molar refractivity (Wildman–Crippen MR) is 80.8 cm³/mol. The average Bonchev–Trinajstić information content (AvgIpc) is 2.93. The Labute approximate surface area is 122 Å². The molecule has 0 amide bonds. The molecule has 1 saturated heterocycles. The molecule has 1 aromatic heterocycles. The lowest BCUT2D eigenvalue weighted by molar-refractivity contribution is -0.117. The molecular weight excluding hydrogens is 250 g/mol. The normalized spacial score (nSPS) is 17.5. The topological polar surface area (TPSA) is 38.1 Å². The van der Waals surface area contributed by atoms with E-state index in [1.165, 1.54) is 18.4 Å². The van der Waals surface area contributed by atoms with Crippen LogP contribution in [0.1, 0.15) is 57.6 Å². The van der Waals surface area contributed by atoms with Gasteiger partial charge in [0.2, 0.25) is 0 Å². The summed E-state index contributed by atoms with van der Waals surface area (Å²) in [5.41, 5.74) is 1.33.